The normalized spacial score (nSPS) is 22.7. The van der Waals surface area contributed by atoms with Crippen molar-refractivity contribution in [2.45, 2.75) is 3.66 Å². The topological polar surface area (TPSA) is 89.8 Å². The van der Waals surface area contributed by atoms with E-state index < -0.39 is 13.8 Å². The van der Waals surface area contributed by atoms with Gasteiger partial charge in [0.05, 0.1) is 6.54 Å². The summed E-state index contributed by atoms with van der Waals surface area (Å²) < 4.78 is 31.4. The van der Waals surface area contributed by atoms with Crippen LogP contribution in [0, 0.1) is 0 Å². The van der Waals surface area contributed by atoms with Crippen molar-refractivity contribution in [1.29, 1.82) is 0 Å². The standard InChI is InChI=1S/C9H8BrNO4S.K/c10-9(16(13,14)15)4-6-2-1-3-7(12)8(6)11-5-9;/h1-4,12H,5H2,(H,13,14,15);/q;+1/p-1. The summed E-state index contributed by atoms with van der Waals surface area (Å²) in [6.45, 7) is -0.247. The molecule has 0 aromatic heterocycles. The quantitative estimate of drug-likeness (QED) is 0.325. The second-order valence-corrected chi connectivity index (χ2v) is 6.99. The molecule has 0 saturated heterocycles. The fourth-order valence-corrected chi connectivity index (χ4v) is 2.32. The Bertz CT molecular complexity index is 660. The second-order valence-electron chi connectivity index (χ2n) is 3.42. The van der Waals surface area contributed by atoms with Gasteiger partial charge >= 0.3 is 51.4 Å². The van der Waals surface area contributed by atoms with Gasteiger partial charge in [-0.15, -0.1) is 0 Å². The number of para-hydroxylation sites is 1. The van der Waals surface area contributed by atoms with Gasteiger partial charge in [-0.2, -0.15) is 0 Å². The zero-order chi connectivity index (χ0) is 12.0. The summed E-state index contributed by atoms with van der Waals surface area (Å²) in [5.41, 5.74) is 0. The van der Waals surface area contributed by atoms with Crippen LogP contribution in [0.25, 0.3) is 6.08 Å². The molecule has 8 heteroatoms. The number of benzene rings is 1. The van der Waals surface area contributed by atoms with Gasteiger partial charge in [-0.1, -0.05) is 28.1 Å². The molecule has 1 aliphatic heterocycles. The van der Waals surface area contributed by atoms with Crippen LogP contribution in [0.2, 0.25) is 0 Å². The molecule has 0 radical (unpaired) electrons. The van der Waals surface area contributed by atoms with Gasteiger partial charge < -0.3 is 9.66 Å². The minimum Gasteiger partial charge on any atom is -0.747 e. The van der Waals surface area contributed by atoms with Gasteiger partial charge in [-0.3, -0.25) is 4.99 Å². The molecule has 86 valence electrons. The number of aromatic hydroxyl groups is 1. The monoisotopic (exact) mass is 343 g/mol. The number of hydrogen-bond donors (Lipinski definition) is 1. The number of alkyl halides is 1. The number of phenols is 1. The van der Waals surface area contributed by atoms with E-state index in [-0.39, 0.29) is 63.7 Å². The average Bonchev–Trinajstić information content (AvgIpc) is 2.16. The van der Waals surface area contributed by atoms with E-state index in [1.165, 1.54) is 12.1 Å². The average molecular weight is 344 g/mol. The summed E-state index contributed by atoms with van der Waals surface area (Å²) >= 11 is 2.88. The number of nitrogens with zero attached hydrogens (tertiary/aromatic N) is 1. The van der Waals surface area contributed by atoms with Gasteiger partial charge in [0.2, 0.25) is 0 Å². The molecule has 0 fully saturated rings. The molecule has 0 saturated carbocycles. The maximum atomic E-state index is 11.0. The summed E-state index contributed by atoms with van der Waals surface area (Å²) in [5.74, 6) is -0.0356. The van der Waals surface area contributed by atoms with Crippen LogP contribution >= 0.6 is 15.9 Å². The van der Waals surface area contributed by atoms with Crippen LogP contribution in [0.15, 0.2) is 23.2 Å². The third-order valence-electron chi connectivity index (χ3n) is 2.29. The van der Waals surface area contributed by atoms with E-state index in [2.05, 4.69) is 20.9 Å². The first-order valence-corrected chi connectivity index (χ1v) is 6.53. The summed E-state index contributed by atoms with van der Waals surface area (Å²) in [7, 11) is -4.55. The fourth-order valence-electron chi connectivity index (χ4n) is 1.45. The van der Waals surface area contributed by atoms with Crippen molar-refractivity contribution in [3.8, 4) is 5.75 Å². The SMILES string of the molecule is O=S(=O)([O-])C1(Br)C=c2cccc(O)c2=NC1.[K+]. The van der Waals surface area contributed by atoms with Gasteiger partial charge in [0.15, 0.2) is 3.66 Å². The van der Waals surface area contributed by atoms with E-state index in [1.54, 1.807) is 12.1 Å². The molecule has 0 spiro atoms. The first-order chi connectivity index (χ1) is 7.33. The first kappa shape index (κ1) is 15.8. The molecule has 2 rings (SSSR count). The van der Waals surface area contributed by atoms with E-state index in [0.717, 1.165) is 0 Å². The Kier molecular flexibility index (Phi) is 4.99. The third-order valence-corrected chi connectivity index (χ3v) is 5.03. The summed E-state index contributed by atoms with van der Waals surface area (Å²) in [6.07, 6.45) is 1.26. The molecule has 1 aromatic rings. The van der Waals surface area contributed by atoms with E-state index in [4.69, 9.17) is 0 Å². The van der Waals surface area contributed by atoms with Crippen LogP contribution in [0.5, 0.6) is 5.75 Å². The molecule has 17 heavy (non-hydrogen) atoms. The molecular weight excluding hydrogens is 337 g/mol. The molecule has 0 bridgehead atoms. The first-order valence-electron chi connectivity index (χ1n) is 4.33. The van der Waals surface area contributed by atoms with Gasteiger partial charge in [-0.25, -0.2) is 8.42 Å². The Morgan fingerprint density at radius 3 is 2.71 bits per heavy atom. The minimum absolute atomic E-state index is 0. The van der Waals surface area contributed by atoms with Crippen LogP contribution in [0.1, 0.15) is 0 Å². The molecule has 1 heterocycles. The molecule has 1 aliphatic rings. The zero-order valence-electron chi connectivity index (χ0n) is 8.92. The van der Waals surface area contributed by atoms with Crippen LogP contribution in [-0.2, 0) is 10.1 Å². The van der Waals surface area contributed by atoms with Crippen molar-refractivity contribution in [2.24, 2.45) is 4.99 Å². The fraction of sp³-hybridized carbons (Fsp3) is 0.222. The summed E-state index contributed by atoms with van der Waals surface area (Å²) in [5, 5.41) is 10.2. The number of hydrogen-bond acceptors (Lipinski definition) is 5. The predicted octanol–water partition coefficient (Wildman–Crippen LogP) is -3.55. The second kappa shape index (κ2) is 5.37. The zero-order valence-corrected chi connectivity index (χ0v) is 14.4. The van der Waals surface area contributed by atoms with Gasteiger partial charge in [0, 0.05) is 5.22 Å². The number of phenolic OH excluding ortho intramolecular Hbond substituents is 1. The van der Waals surface area contributed by atoms with Gasteiger partial charge in [0.1, 0.15) is 21.2 Å². The van der Waals surface area contributed by atoms with E-state index >= 15 is 0 Å². The molecule has 1 N–H and O–H groups in total. The van der Waals surface area contributed by atoms with E-state index in [1.807, 2.05) is 0 Å². The molecule has 5 nitrogen and oxygen atoms in total. The van der Waals surface area contributed by atoms with Crippen molar-refractivity contribution in [2.75, 3.05) is 6.54 Å². The summed E-state index contributed by atoms with van der Waals surface area (Å²) in [4.78, 5) is 3.90. The Balaban J connectivity index is 0.00000144. The molecule has 1 unspecified atom stereocenters. The van der Waals surface area contributed by atoms with Crippen molar-refractivity contribution < 1.29 is 69.5 Å². The van der Waals surface area contributed by atoms with E-state index in [9.17, 15) is 18.1 Å². The maximum absolute atomic E-state index is 11.0. The summed E-state index contributed by atoms with van der Waals surface area (Å²) in [6, 6.07) is 4.58. The van der Waals surface area contributed by atoms with Crippen molar-refractivity contribution >= 4 is 32.1 Å². The van der Waals surface area contributed by atoms with Crippen LogP contribution in [-0.4, -0.2) is 28.3 Å². The predicted molar refractivity (Wildman–Crippen MR) is 59.6 cm³/mol. The van der Waals surface area contributed by atoms with Crippen molar-refractivity contribution in [3.05, 3.63) is 28.8 Å². The molecule has 0 amide bonds. The van der Waals surface area contributed by atoms with Crippen LogP contribution in [0.3, 0.4) is 0 Å². The molecular formula is C9H7BrKNO4S. The largest absolute Gasteiger partial charge is 1.00 e. The Labute approximate surface area is 149 Å². The van der Waals surface area contributed by atoms with Gasteiger partial charge in [-0.05, 0) is 12.1 Å². The third kappa shape index (κ3) is 3.00. The van der Waals surface area contributed by atoms with E-state index in [0.29, 0.717) is 10.6 Å². The maximum Gasteiger partial charge on any atom is 1.00 e. The van der Waals surface area contributed by atoms with Crippen molar-refractivity contribution in [1.82, 2.24) is 0 Å². The minimum atomic E-state index is -4.55. The number of rotatable bonds is 1. The Morgan fingerprint density at radius 1 is 1.47 bits per heavy atom. The molecule has 0 aliphatic carbocycles. The molecule has 1 aromatic carbocycles. The Hall–Kier alpha value is 0.716. The Morgan fingerprint density at radius 2 is 2.12 bits per heavy atom. The van der Waals surface area contributed by atoms with Crippen LogP contribution < -0.4 is 62.0 Å². The smallest absolute Gasteiger partial charge is 0.747 e. The van der Waals surface area contributed by atoms with Crippen molar-refractivity contribution in [3.63, 3.8) is 0 Å². The molecule has 1 atom stereocenters. The van der Waals surface area contributed by atoms with Crippen LogP contribution in [0.4, 0.5) is 0 Å². The van der Waals surface area contributed by atoms with Gasteiger partial charge in [0.25, 0.3) is 0 Å². The number of fused-ring (bicyclic) bond motifs is 1. The number of halogens is 1.